The molecule has 0 bridgehead atoms. The van der Waals surface area contributed by atoms with Crippen LogP contribution in [0.5, 0.6) is 0 Å². The Kier molecular flexibility index (Phi) is 3.24. The zero-order chi connectivity index (χ0) is 14.4. The monoisotopic (exact) mass is 308 g/mol. The molecule has 1 aliphatic heterocycles. The predicted octanol–water partition coefficient (Wildman–Crippen LogP) is 2.49. The third-order valence-corrected chi connectivity index (χ3v) is 4.73. The van der Waals surface area contributed by atoms with E-state index in [9.17, 15) is 4.79 Å². The summed E-state index contributed by atoms with van der Waals surface area (Å²) in [5, 5.41) is 8.63. The molecule has 0 saturated carbocycles. The van der Waals surface area contributed by atoms with Crippen molar-refractivity contribution >= 4 is 35.0 Å². The van der Waals surface area contributed by atoms with Crippen molar-refractivity contribution in [3.63, 3.8) is 0 Å². The lowest BCUT2D eigenvalue weighted by Gasteiger charge is -2.08. The second-order valence-corrected chi connectivity index (χ2v) is 6.16. The summed E-state index contributed by atoms with van der Waals surface area (Å²) < 4.78 is 1.80. The van der Waals surface area contributed by atoms with E-state index in [1.165, 1.54) is 11.8 Å². The normalized spacial score (nSPS) is 17.2. The van der Waals surface area contributed by atoms with Gasteiger partial charge in [-0.3, -0.25) is 9.48 Å². The first-order chi connectivity index (χ1) is 9.45. The van der Waals surface area contributed by atoms with Gasteiger partial charge in [-0.2, -0.15) is 5.10 Å². The molecule has 1 aromatic carbocycles. The maximum Gasteiger partial charge on any atom is 0.245 e. The van der Waals surface area contributed by atoms with Crippen LogP contribution < -0.4 is 11.1 Å². The highest BCUT2D eigenvalue weighted by Gasteiger charge is 2.28. The number of amides is 1. The van der Waals surface area contributed by atoms with Gasteiger partial charge in [-0.25, -0.2) is 0 Å². The molecule has 1 aromatic heterocycles. The number of nitrogens with two attached hydrogens (primary N) is 1. The number of nitrogens with zero attached hydrogens (tertiary/aromatic N) is 2. The Morgan fingerprint density at radius 1 is 1.45 bits per heavy atom. The summed E-state index contributed by atoms with van der Waals surface area (Å²) in [7, 11) is 1.88. The quantitative estimate of drug-likeness (QED) is 0.894. The molecule has 0 saturated heterocycles. The SMILES string of the molecule is Cc1cc(Sc2cc3c(cc2Cl)C(N)C(=O)N3)n(C)n1. The maximum absolute atomic E-state index is 11.6. The Labute approximate surface area is 125 Å². The highest BCUT2D eigenvalue weighted by atomic mass is 35.5. The number of aryl methyl sites for hydroxylation is 2. The maximum atomic E-state index is 11.6. The van der Waals surface area contributed by atoms with E-state index in [-0.39, 0.29) is 5.91 Å². The number of anilines is 1. The van der Waals surface area contributed by atoms with Gasteiger partial charge < -0.3 is 11.1 Å². The van der Waals surface area contributed by atoms with Crippen LogP contribution in [-0.2, 0) is 11.8 Å². The summed E-state index contributed by atoms with van der Waals surface area (Å²) in [6.45, 7) is 1.94. The van der Waals surface area contributed by atoms with Crippen LogP contribution in [0.1, 0.15) is 17.3 Å². The highest BCUT2D eigenvalue weighted by Crippen LogP contribution is 2.40. The number of rotatable bonds is 2. The van der Waals surface area contributed by atoms with Crippen LogP contribution in [0.4, 0.5) is 5.69 Å². The Morgan fingerprint density at radius 3 is 2.85 bits per heavy atom. The minimum absolute atomic E-state index is 0.199. The van der Waals surface area contributed by atoms with E-state index in [0.29, 0.717) is 5.02 Å². The van der Waals surface area contributed by atoms with Gasteiger partial charge in [0, 0.05) is 23.2 Å². The molecule has 2 heterocycles. The zero-order valence-corrected chi connectivity index (χ0v) is 12.5. The molecule has 5 nitrogen and oxygen atoms in total. The van der Waals surface area contributed by atoms with Gasteiger partial charge >= 0.3 is 0 Å². The van der Waals surface area contributed by atoms with Crippen molar-refractivity contribution in [3.8, 4) is 0 Å². The molecule has 7 heteroatoms. The van der Waals surface area contributed by atoms with Crippen molar-refractivity contribution in [2.24, 2.45) is 12.8 Å². The van der Waals surface area contributed by atoms with Gasteiger partial charge in [-0.1, -0.05) is 23.4 Å². The molecule has 3 N–H and O–H groups in total. The van der Waals surface area contributed by atoms with E-state index in [1.54, 1.807) is 10.7 Å². The summed E-state index contributed by atoms with van der Waals surface area (Å²) in [4.78, 5) is 12.4. The lowest BCUT2D eigenvalue weighted by atomic mass is 10.1. The molecule has 0 radical (unpaired) electrons. The third-order valence-electron chi connectivity index (χ3n) is 3.15. The Bertz CT molecular complexity index is 713. The average Bonchev–Trinajstić information content (AvgIpc) is 2.83. The fourth-order valence-corrected chi connectivity index (χ4v) is 3.41. The lowest BCUT2D eigenvalue weighted by Crippen LogP contribution is -2.19. The number of fused-ring (bicyclic) bond motifs is 1. The van der Waals surface area contributed by atoms with Crippen LogP contribution in [0, 0.1) is 6.92 Å². The Hall–Kier alpha value is -1.50. The fraction of sp³-hybridized carbons (Fsp3) is 0.231. The average molecular weight is 309 g/mol. The summed E-state index contributed by atoms with van der Waals surface area (Å²) in [5.41, 5.74) is 8.22. The van der Waals surface area contributed by atoms with E-state index >= 15 is 0 Å². The van der Waals surface area contributed by atoms with Crippen LogP contribution in [-0.4, -0.2) is 15.7 Å². The van der Waals surface area contributed by atoms with Gasteiger partial charge in [0.2, 0.25) is 5.91 Å². The van der Waals surface area contributed by atoms with E-state index in [4.69, 9.17) is 17.3 Å². The molecule has 104 valence electrons. The largest absolute Gasteiger partial charge is 0.324 e. The van der Waals surface area contributed by atoms with E-state index in [0.717, 1.165) is 26.9 Å². The van der Waals surface area contributed by atoms with Gasteiger partial charge in [0.15, 0.2) is 0 Å². The lowest BCUT2D eigenvalue weighted by molar-refractivity contribution is -0.116. The molecule has 20 heavy (non-hydrogen) atoms. The molecule has 3 rings (SSSR count). The summed E-state index contributed by atoms with van der Waals surface area (Å²) in [6.07, 6.45) is 0. The van der Waals surface area contributed by atoms with Gasteiger partial charge in [0.05, 0.1) is 15.7 Å². The number of aromatic nitrogens is 2. The zero-order valence-electron chi connectivity index (χ0n) is 11.0. The molecular weight excluding hydrogens is 296 g/mol. The first-order valence-corrected chi connectivity index (χ1v) is 7.23. The number of halogens is 1. The van der Waals surface area contributed by atoms with Crippen molar-refractivity contribution in [1.82, 2.24) is 9.78 Å². The van der Waals surface area contributed by atoms with Crippen LogP contribution in [0.15, 0.2) is 28.1 Å². The molecule has 1 atom stereocenters. The molecule has 0 fully saturated rings. The van der Waals surface area contributed by atoms with Gasteiger partial charge in [-0.05, 0) is 25.1 Å². The number of hydrogen-bond donors (Lipinski definition) is 2. The van der Waals surface area contributed by atoms with Crippen LogP contribution >= 0.6 is 23.4 Å². The molecule has 0 aliphatic carbocycles. The van der Waals surface area contributed by atoms with Gasteiger partial charge in [0.1, 0.15) is 6.04 Å². The van der Waals surface area contributed by atoms with Gasteiger partial charge in [-0.15, -0.1) is 0 Å². The summed E-state index contributed by atoms with van der Waals surface area (Å²) in [6, 6.07) is 4.96. The predicted molar refractivity (Wildman–Crippen MR) is 79.1 cm³/mol. The number of carbonyl (C=O) groups excluding carboxylic acids is 1. The second-order valence-electron chi connectivity index (χ2n) is 4.69. The minimum Gasteiger partial charge on any atom is -0.324 e. The van der Waals surface area contributed by atoms with Crippen molar-refractivity contribution in [2.45, 2.75) is 22.9 Å². The summed E-state index contributed by atoms with van der Waals surface area (Å²) in [5.74, 6) is -0.199. The van der Waals surface area contributed by atoms with Crippen LogP contribution in [0.2, 0.25) is 5.02 Å². The molecule has 1 unspecified atom stereocenters. The van der Waals surface area contributed by atoms with Crippen LogP contribution in [0.25, 0.3) is 0 Å². The van der Waals surface area contributed by atoms with Gasteiger partial charge in [0.25, 0.3) is 0 Å². The molecular formula is C13H13ClN4OS. The van der Waals surface area contributed by atoms with Crippen molar-refractivity contribution in [1.29, 1.82) is 0 Å². The number of carbonyl (C=O) groups is 1. The summed E-state index contributed by atoms with van der Waals surface area (Å²) >= 11 is 7.79. The van der Waals surface area contributed by atoms with Crippen molar-refractivity contribution < 1.29 is 4.79 Å². The molecule has 1 amide bonds. The smallest absolute Gasteiger partial charge is 0.245 e. The van der Waals surface area contributed by atoms with E-state index < -0.39 is 6.04 Å². The number of nitrogens with one attached hydrogen (secondary N) is 1. The van der Waals surface area contributed by atoms with Crippen molar-refractivity contribution in [2.75, 3.05) is 5.32 Å². The first kappa shape index (κ1) is 13.5. The molecule has 1 aliphatic rings. The molecule has 2 aromatic rings. The first-order valence-electron chi connectivity index (χ1n) is 6.04. The number of benzene rings is 1. The topological polar surface area (TPSA) is 72.9 Å². The standard InChI is InChI=1S/C13H13ClN4OS/c1-6-3-11(18(2)17-6)20-10-5-9-7(4-8(10)14)12(15)13(19)16-9/h3-5,12H,15H2,1-2H3,(H,16,19). The minimum atomic E-state index is -0.638. The Morgan fingerprint density at radius 2 is 2.20 bits per heavy atom. The van der Waals surface area contributed by atoms with Crippen molar-refractivity contribution in [3.05, 3.63) is 34.5 Å². The third kappa shape index (κ3) is 2.19. The van der Waals surface area contributed by atoms with Crippen LogP contribution in [0.3, 0.4) is 0 Å². The molecule has 0 spiro atoms. The second kappa shape index (κ2) is 4.80. The van der Waals surface area contributed by atoms with E-state index in [2.05, 4.69) is 10.4 Å². The Balaban J connectivity index is 1.98. The highest BCUT2D eigenvalue weighted by molar-refractivity contribution is 7.99. The number of hydrogen-bond acceptors (Lipinski definition) is 4. The fourth-order valence-electron chi connectivity index (χ4n) is 2.16. The van der Waals surface area contributed by atoms with E-state index in [1.807, 2.05) is 26.1 Å².